The molecular weight excluding hydrogens is 232 g/mol. The van der Waals surface area contributed by atoms with Crippen LogP contribution in [0.3, 0.4) is 0 Å². The Morgan fingerprint density at radius 1 is 1.11 bits per heavy atom. The van der Waals surface area contributed by atoms with E-state index in [4.69, 9.17) is 0 Å². The molecule has 19 heavy (non-hydrogen) atoms. The van der Waals surface area contributed by atoms with E-state index >= 15 is 0 Å². The van der Waals surface area contributed by atoms with Crippen LogP contribution in [-0.4, -0.2) is 10.5 Å². The van der Waals surface area contributed by atoms with Gasteiger partial charge < -0.3 is 5.32 Å². The predicted octanol–water partition coefficient (Wildman–Crippen LogP) is 3.70. The number of nitrogens with zero attached hydrogens (tertiary/aromatic N) is 1. The summed E-state index contributed by atoms with van der Waals surface area (Å²) in [5.41, 5.74) is 1.63. The van der Waals surface area contributed by atoms with Crippen molar-refractivity contribution in [3.05, 3.63) is 30.1 Å². The van der Waals surface area contributed by atoms with Gasteiger partial charge >= 0.3 is 0 Å². The molecule has 0 aliphatic heterocycles. The summed E-state index contributed by atoms with van der Waals surface area (Å²) in [4.78, 5) is 4.51. The van der Waals surface area contributed by atoms with Gasteiger partial charge in [-0.25, -0.2) is 0 Å². The third-order valence-corrected chi connectivity index (χ3v) is 5.69. The number of rotatable bonds is 3. The van der Waals surface area contributed by atoms with Gasteiger partial charge in [-0.05, 0) is 75.3 Å². The lowest BCUT2D eigenvalue weighted by Crippen LogP contribution is -2.58. The van der Waals surface area contributed by atoms with Gasteiger partial charge in [0.2, 0.25) is 0 Å². The van der Waals surface area contributed by atoms with Gasteiger partial charge in [0.25, 0.3) is 0 Å². The van der Waals surface area contributed by atoms with Crippen molar-refractivity contribution in [2.24, 2.45) is 17.8 Å². The van der Waals surface area contributed by atoms with Crippen LogP contribution in [0.5, 0.6) is 0 Å². The number of hydrogen-bond acceptors (Lipinski definition) is 2. The van der Waals surface area contributed by atoms with E-state index in [1.54, 1.807) is 0 Å². The Labute approximate surface area is 116 Å². The Kier molecular flexibility index (Phi) is 2.70. The molecule has 0 aromatic carbocycles. The number of pyridine rings is 1. The standard InChI is InChI=1S/C17H24N2/c1-12(16-4-2-3-5-18-16)19-17-9-13-6-14(10-17)8-15(7-13)11-17/h2-5,12-15,19H,6-11H2,1H3/t12-,13?,14?,15?,17?/m0/s1. The van der Waals surface area contributed by atoms with Gasteiger partial charge in [0.15, 0.2) is 0 Å². The van der Waals surface area contributed by atoms with Crippen molar-refractivity contribution in [3.63, 3.8) is 0 Å². The molecule has 1 aromatic rings. The predicted molar refractivity (Wildman–Crippen MR) is 76.7 cm³/mol. The fraction of sp³-hybridized carbons (Fsp3) is 0.706. The molecule has 0 amide bonds. The zero-order valence-electron chi connectivity index (χ0n) is 11.8. The molecule has 0 spiro atoms. The van der Waals surface area contributed by atoms with E-state index in [0.717, 1.165) is 17.8 Å². The molecule has 1 heterocycles. The van der Waals surface area contributed by atoms with Crippen LogP contribution in [0.25, 0.3) is 0 Å². The Balaban J connectivity index is 1.53. The van der Waals surface area contributed by atoms with Gasteiger partial charge in [-0.1, -0.05) is 6.07 Å². The lowest BCUT2D eigenvalue weighted by Gasteiger charge is -2.57. The average molecular weight is 256 g/mol. The van der Waals surface area contributed by atoms with Gasteiger partial charge in [0.05, 0.1) is 5.69 Å². The van der Waals surface area contributed by atoms with Gasteiger partial charge in [0.1, 0.15) is 0 Å². The molecule has 1 aromatic heterocycles. The third-order valence-electron chi connectivity index (χ3n) is 5.69. The third kappa shape index (κ3) is 2.10. The van der Waals surface area contributed by atoms with E-state index in [1.807, 2.05) is 12.3 Å². The topological polar surface area (TPSA) is 24.9 Å². The van der Waals surface area contributed by atoms with Crippen LogP contribution in [0.2, 0.25) is 0 Å². The van der Waals surface area contributed by atoms with E-state index < -0.39 is 0 Å². The smallest absolute Gasteiger partial charge is 0.0570 e. The highest BCUT2D eigenvalue weighted by atomic mass is 15.0. The zero-order valence-corrected chi connectivity index (χ0v) is 11.8. The largest absolute Gasteiger partial charge is 0.303 e. The van der Waals surface area contributed by atoms with Gasteiger partial charge in [-0.2, -0.15) is 0 Å². The SMILES string of the molecule is C[C@H](NC12CC3CC(CC(C3)C1)C2)c1ccccn1. The lowest BCUT2D eigenvalue weighted by atomic mass is 9.53. The van der Waals surface area contributed by atoms with E-state index in [1.165, 1.54) is 44.2 Å². The van der Waals surface area contributed by atoms with Crippen LogP contribution in [0.15, 0.2) is 24.4 Å². The Hall–Kier alpha value is -0.890. The minimum Gasteiger partial charge on any atom is -0.303 e. The van der Waals surface area contributed by atoms with Crippen molar-refractivity contribution in [3.8, 4) is 0 Å². The van der Waals surface area contributed by atoms with E-state index in [0.29, 0.717) is 11.6 Å². The fourth-order valence-corrected chi connectivity index (χ4v) is 5.45. The van der Waals surface area contributed by atoms with E-state index in [9.17, 15) is 0 Å². The van der Waals surface area contributed by atoms with Gasteiger partial charge in [0, 0.05) is 17.8 Å². The van der Waals surface area contributed by atoms with Crippen LogP contribution >= 0.6 is 0 Å². The molecule has 1 N–H and O–H groups in total. The second-order valence-corrected chi connectivity index (χ2v) is 7.32. The van der Waals surface area contributed by atoms with Crippen molar-refractivity contribution in [1.29, 1.82) is 0 Å². The van der Waals surface area contributed by atoms with Crippen molar-refractivity contribution in [2.45, 2.75) is 57.0 Å². The Morgan fingerprint density at radius 2 is 1.74 bits per heavy atom. The first-order chi connectivity index (χ1) is 9.22. The first-order valence-electron chi connectivity index (χ1n) is 7.91. The molecule has 4 aliphatic carbocycles. The van der Waals surface area contributed by atoms with Gasteiger partial charge in [-0.15, -0.1) is 0 Å². The molecule has 2 heteroatoms. The molecule has 4 bridgehead atoms. The summed E-state index contributed by atoms with van der Waals surface area (Å²) in [5.74, 6) is 3.03. The van der Waals surface area contributed by atoms with Crippen molar-refractivity contribution >= 4 is 0 Å². The normalized spacial score (nSPS) is 41.4. The van der Waals surface area contributed by atoms with Crippen LogP contribution in [-0.2, 0) is 0 Å². The summed E-state index contributed by atoms with van der Waals surface area (Å²) in [6.07, 6.45) is 10.7. The van der Waals surface area contributed by atoms with Crippen LogP contribution in [0, 0.1) is 17.8 Å². The second-order valence-electron chi connectivity index (χ2n) is 7.32. The first kappa shape index (κ1) is 11.9. The van der Waals surface area contributed by atoms with Crippen LogP contribution < -0.4 is 5.32 Å². The highest BCUT2D eigenvalue weighted by Gasteiger charge is 2.51. The molecule has 0 radical (unpaired) electrons. The highest BCUT2D eigenvalue weighted by Crippen LogP contribution is 2.56. The molecule has 4 fully saturated rings. The summed E-state index contributed by atoms with van der Waals surface area (Å²) >= 11 is 0. The Bertz CT molecular complexity index is 418. The maximum absolute atomic E-state index is 4.51. The molecule has 5 rings (SSSR count). The molecule has 1 atom stereocenters. The van der Waals surface area contributed by atoms with Crippen LogP contribution in [0.1, 0.15) is 57.2 Å². The number of aromatic nitrogens is 1. The van der Waals surface area contributed by atoms with Gasteiger partial charge in [-0.3, -0.25) is 4.98 Å². The minimum atomic E-state index is 0.387. The summed E-state index contributed by atoms with van der Waals surface area (Å²) in [6, 6.07) is 6.64. The zero-order chi connectivity index (χ0) is 12.9. The van der Waals surface area contributed by atoms with Crippen molar-refractivity contribution in [2.75, 3.05) is 0 Å². The highest BCUT2D eigenvalue weighted by molar-refractivity contribution is 5.12. The average Bonchev–Trinajstić information content (AvgIpc) is 2.37. The summed E-state index contributed by atoms with van der Waals surface area (Å²) in [5, 5.41) is 3.98. The molecule has 102 valence electrons. The summed E-state index contributed by atoms with van der Waals surface area (Å²) in [6.45, 7) is 2.28. The molecule has 2 nitrogen and oxygen atoms in total. The second kappa shape index (κ2) is 4.31. The maximum Gasteiger partial charge on any atom is 0.0570 e. The lowest BCUT2D eigenvalue weighted by molar-refractivity contribution is -0.0247. The monoisotopic (exact) mass is 256 g/mol. The van der Waals surface area contributed by atoms with E-state index in [-0.39, 0.29) is 0 Å². The number of hydrogen-bond donors (Lipinski definition) is 1. The van der Waals surface area contributed by atoms with E-state index in [2.05, 4.69) is 29.4 Å². The molecule has 4 saturated carbocycles. The Morgan fingerprint density at radius 3 is 2.26 bits per heavy atom. The number of nitrogens with one attached hydrogen (secondary N) is 1. The van der Waals surface area contributed by atoms with Crippen LogP contribution in [0.4, 0.5) is 0 Å². The quantitative estimate of drug-likeness (QED) is 0.892. The molecule has 4 aliphatic rings. The minimum absolute atomic E-state index is 0.387. The fourth-order valence-electron chi connectivity index (χ4n) is 5.45. The molecule has 0 saturated heterocycles. The van der Waals surface area contributed by atoms with Crippen molar-refractivity contribution < 1.29 is 0 Å². The van der Waals surface area contributed by atoms with Crippen molar-refractivity contribution in [1.82, 2.24) is 10.3 Å². The summed E-state index contributed by atoms with van der Waals surface area (Å²) in [7, 11) is 0. The first-order valence-corrected chi connectivity index (χ1v) is 7.91. The summed E-state index contributed by atoms with van der Waals surface area (Å²) < 4.78 is 0. The molecular formula is C17H24N2. The molecule has 0 unspecified atom stereocenters. The maximum atomic E-state index is 4.51.